The molecule has 1 aliphatic rings. The Labute approximate surface area is 129 Å². The van der Waals surface area contributed by atoms with Gasteiger partial charge in [0.05, 0.1) is 24.3 Å². The molecule has 7 nitrogen and oxygen atoms in total. The van der Waals surface area contributed by atoms with Gasteiger partial charge in [-0.2, -0.15) is 0 Å². The third-order valence-corrected chi connectivity index (χ3v) is 4.87. The summed E-state index contributed by atoms with van der Waals surface area (Å²) < 4.78 is 27.5. The zero-order valence-corrected chi connectivity index (χ0v) is 12.8. The third kappa shape index (κ3) is 3.24. The molecule has 0 spiro atoms. The SMILES string of the molecule is O=S(=O)(NCCNN1C=NCC1)c1cccc2cnccc12. The second kappa shape index (κ2) is 6.39. The molecule has 0 saturated carbocycles. The van der Waals surface area contributed by atoms with Crippen molar-refractivity contribution < 1.29 is 8.42 Å². The predicted molar refractivity (Wildman–Crippen MR) is 85.0 cm³/mol. The molecule has 3 rings (SSSR count). The first kappa shape index (κ1) is 14.9. The van der Waals surface area contributed by atoms with E-state index in [0.29, 0.717) is 18.5 Å². The molecule has 0 unspecified atom stereocenters. The number of hydrazine groups is 1. The van der Waals surface area contributed by atoms with E-state index in [1.165, 1.54) is 0 Å². The van der Waals surface area contributed by atoms with E-state index in [9.17, 15) is 8.42 Å². The monoisotopic (exact) mass is 319 g/mol. The summed E-state index contributed by atoms with van der Waals surface area (Å²) in [6.07, 6.45) is 4.96. The fourth-order valence-corrected chi connectivity index (χ4v) is 3.55. The molecule has 0 bridgehead atoms. The summed E-state index contributed by atoms with van der Waals surface area (Å²) in [5, 5.41) is 3.32. The molecular formula is C14H17N5O2S. The van der Waals surface area contributed by atoms with E-state index in [1.54, 1.807) is 36.9 Å². The summed E-state index contributed by atoms with van der Waals surface area (Å²) in [7, 11) is -3.55. The predicted octanol–water partition coefficient (Wildman–Crippen LogP) is 0.362. The first-order valence-corrected chi connectivity index (χ1v) is 8.48. The standard InChI is InChI=1S/C14H17N5O2S/c20-22(21,18-7-6-17-19-9-8-16-11-19)14-3-1-2-12-10-15-5-4-13(12)14/h1-5,10-11,17-18H,6-9H2. The van der Waals surface area contributed by atoms with Gasteiger partial charge in [-0.15, -0.1) is 0 Å². The van der Waals surface area contributed by atoms with Crippen molar-refractivity contribution in [2.75, 3.05) is 26.2 Å². The fraction of sp³-hybridized carbons (Fsp3) is 0.286. The zero-order chi connectivity index (χ0) is 15.4. The average Bonchev–Trinajstić information content (AvgIpc) is 3.04. The molecule has 0 saturated heterocycles. The molecule has 116 valence electrons. The van der Waals surface area contributed by atoms with E-state index < -0.39 is 10.0 Å². The number of sulfonamides is 1. The van der Waals surface area contributed by atoms with Crippen LogP contribution in [0.5, 0.6) is 0 Å². The number of rotatable bonds is 6. The van der Waals surface area contributed by atoms with Gasteiger partial charge in [0.25, 0.3) is 0 Å². The normalized spacial score (nSPS) is 14.8. The summed E-state index contributed by atoms with van der Waals surface area (Å²) >= 11 is 0. The Hall–Kier alpha value is -2.03. The van der Waals surface area contributed by atoms with E-state index in [1.807, 2.05) is 11.1 Å². The van der Waals surface area contributed by atoms with Crippen molar-refractivity contribution in [3.8, 4) is 0 Å². The Morgan fingerprint density at radius 3 is 2.95 bits per heavy atom. The number of hydrogen-bond acceptors (Lipinski definition) is 6. The van der Waals surface area contributed by atoms with E-state index in [4.69, 9.17) is 0 Å². The van der Waals surface area contributed by atoms with Gasteiger partial charge in [-0.1, -0.05) is 12.1 Å². The van der Waals surface area contributed by atoms with Gasteiger partial charge in [-0.05, 0) is 12.1 Å². The maximum Gasteiger partial charge on any atom is 0.241 e. The number of nitrogens with zero attached hydrogens (tertiary/aromatic N) is 3. The minimum absolute atomic E-state index is 0.273. The van der Waals surface area contributed by atoms with Gasteiger partial charge in [0, 0.05) is 36.3 Å². The van der Waals surface area contributed by atoms with Crippen LogP contribution in [0.15, 0.2) is 46.5 Å². The van der Waals surface area contributed by atoms with Crippen LogP contribution in [-0.4, -0.2) is 50.9 Å². The second-order valence-corrected chi connectivity index (χ2v) is 6.61. The Balaban J connectivity index is 1.67. The summed E-state index contributed by atoms with van der Waals surface area (Å²) in [5.74, 6) is 0. The number of hydrogen-bond donors (Lipinski definition) is 2. The van der Waals surface area contributed by atoms with Gasteiger partial charge in [0.2, 0.25) is 10.0 Å². The van der Waals surface area contributed by atoms with Crippen molar-refractivity contribution in [3.63, 3.8) is 0 Å². The first-order valence-electron chi connectivity index (χ1n) is 6.99. The molecule has 1 aromatic heterocycles. The smallest absolute Gasteiger partial charge is 0.241 e. The van der Waals surface area contributed by atoms with E-state index in [-0.39, 0.29) is 4.90 Å². The molecule has 0 radical (unpaired) electrons. The van der Waals surface area contributed by atoms with Crippen LogP contribution < -0.4 is 10.1 Å². The van der Waals surface area contributed by atoms with Crippen molar-refractivity contribution in [1.29, 1.82) is 0 Å². The molecule has 2 aromatic rings. The third-order valence-electron chi connectivity index (χ3n) is 3.35. The van der Waals surface area contributed by atoms with Gasteiger partial charge in [-0.25, -0.2) is 18.6 Å². The van der Waals surface area contributed by atoms with E-state index >= 15 is 0 Å². The Morgan fingerprint density at radius 2 is 2.14 bits per heavy atom. The first-order chi connectivity index (χ1) is 10.7. The maximum absolute atomic E-state index is 12.4. The highest BCUT2D eigenvalue weighted by Gasteiger charge is 2.16. The van der Waals surface area contributed by atoms with Gasteiger partial charge in [0.1, 0.15) is 0 Å². The molecule has 2 N–H and O–H groups in total. The van der Waals surface area contributed by atoms with Crippen LogP contribution in [0.3, 0.4) is 0 Å². The topological polar surface area (TPSA) is 86.7 Å². The van der Waals surface area contributed by atoms with Crippen LogP contribution in [-0.2, 0) is 10.0 Å². The summed E-state index contributed by atoms with van der Waals surface area (Å²) in [6, 6.07) is 6.88. The Morgan fingerprint density at radius 1 is 1.23 bits per heavy atom. The van der Waals surface area contributed by atoms with Crippen molar-refractivity contribution in [2.45, 2.75) is 4.90 Å². The van der Waals surface area contributed by atoms with Gasteiger partial charge >= 0.3 is 0 Å². The Bertz CT molecular complexity index is 785. The van der Waals surface area contributed by atoms with E-state index in [2.05, 4.69) is 20.1 Å². The van der Waals surface area contributed by atoms with Crippen LogP contribution in [0, 0.1) is 0 Å². The summed E-state index contributed by atoms with van der Waals surface area (Å²) in [6.45, 7) is 2.37. The minimum atomic E-state index is -3.55. The van der Waals surface area contributed by atoms with Crippen LogP contribution in [0.4, 0.5) is 0 Å². The summed E-state index contributed by atoms with van der Waals surface area (Å²) in [5.41, 5.74) is 3.09. The molecule has 0 atom stereocenters. The van der Waals surface area contributed by atoms with Crippen LogP contribution in [0.2, 0.25) is 0 Å². The van der Waals surface area contributed by atoms with Crippen molar-refractivity contribution in [1.82, 2.24) is 20.1 Å². The molecule has 0 fully saturated rings. The number of fused-ring (bicyclic) bond motifs is 1. The lowest BCUT2D eigenvalue weighted by Crippen LogP contribution is -2.40. The maximum atomic E-state index is 12.4. The molecule has 0 aliphatic carbocycles. The molecule has 8 heteroatoms. The molecule has 0 amide bonds. The quantitative estimate of drug-likeness (QED) is 0.751. The molecule has 22 heavy (non-hydrogen) atoms. The number of nitrogens with one attached hydrogen (secondary N) is 2. The number of aromatic nitrogens is 1. The molecule has 1 aliphatic heterocycles. The number of benzene rings is 1. The van der Waals surface area contributed by atoms with Crippen LogP contribution in [0.1, 0.15) is 0 Å². The van der Waals surface area contributed by atoms with Crippen molar-refractivity contribution >= 4 is 27.1 Å². The fourth-order valence-electron chi connectivity index (χ4n) is 2.29. The highest BCUT2D eigenvalue weighted by Crippen LogP contribution is 2.21. The zero-order valence-electron chi connectivity index (χ0n) is 11.9. The second-order valence-electron chi connectivity index (χ2n) is 4.87. The minimum Gasteiger partial charge on any atom is -0.297 e. The van der Waals surface area contributed by atoms with Crippen molar-refractivity contribution in [3.05, 3.63) is 36.7 Å². The Kier molecular flexibility index (Phi) is 4.32. The molecule has 2 heterocycles. The van der Waals surface area contributed by atoms with E-state index in [0.717, 1.165) is 18.5 Å². The average molecular weight is 319 g/mol. The molecule has 1 aromatic carbocycles. The van der Waals surface area contributed by atoms with Crippen LogP contribution in [0.25, 0.3) is 10.8 Å². The summed E-state index contributed by atoms with van der Waals surface area (Å²) in [4.78, 5) is 8.35. The number of aliphatic imine (C=N–C) groups is 1. The lowest BCUT2D eigenvalue weighted by atomic mass is 10.2. The highest BCUT2D eigenvalue weighted by molar-refractivity contribution is 7.89. The van der Waals surface area contributed by atoms with Gasteiger partial charge < -0.3 is 0 Å². The van der Waals surface area contributed by atoms with Gasteiger partial charge in [-0.3, -0.25) is 15.0 Å². The lowest BCUT2D eigenvalue weighted by molar-refractivity contribution is 0.345. The lowest BCUT2D eigenvalue weighted by Gasteiger charge is -2.15. The largest absolute Gasteiger partial charge is 0.297 e. The van der Waals surface area contributed by atoms with Gasteiger partial charge in [0.15, 0.2) is 0 Å². The van der Waals surface area contributed by atoms with Crippen molar-refractivity contribution in [2.24, 2.45) is 4.99 Å². The van der Waals surface area contributed by atoms with Crippen LogP contribution >= 0.6 is 0 Å². The number of pyridine rings is 1. The molecular weight excluding hydrogens is 302 g/mol. The highest BCUT2D eigenvalue weighted by atomic mass is 32.2.